The van der Waals surface area contributed by atoms with Gasteiger partial charge in [-0.3, -0.25) is 4.72 Å². The van der Waals surface area contributed by atoms with E-state index in [1.54, 1.807) is 19.1 Å². The molecule has 0 spiro atoms. The van der Waals surface area contributed by atoms with Crippen molar-refractivity contribution in [3.05, 3.63) is 59.7 Å². The largest absolute Gasteiger partial charge is 0.573 e. The SMILES string of the molecule is COC(=O)C=Cc1cc(OC(F)(F)F)ccc1NS(=O)(=O)c1ccc(C)cc1. The zero-order chi connectivity index (χ0) is 20.9. The Morgan fingerprint density at radius 1 is 1.11 bits per heavy atom. The van der Waals surface area contributed by atoms with Crippen LogP contribution in [0.1, 0.15) is 11.1 Å². The summed E-state index contributed by atoms with van der Waals surface area (Å²) in [5.41, 5.74) is 0.785. The van der Waals surface area contributed by atoms with Crippen molar-refractivity contribution >= 4 is 27.8 Å². The van der Waals surface area contributed by atoms with Crippen LogP contribution in [0, 0.1) is 6.92 Å². The van der Waals surface area contributed by atoms with Crippen LogP contribution in [0.5, 0.6) is 5.75 Å². The molecular formula is C18H16F3NO5S. The van der Waals surface area contributed by atoms with Crippen LogP contribution in [0.15, 0.2) is 53.4 Å². The predicted octanol–water partition coefficient (Wildman–Crippen LogP) is 3.88. The Morgan fingerprint density at radius 2 is 1.75 bits per heavy atom. The number of nitrogens with one attached hydrogen (secondary N) is 1. The number of esters is 1. The standard InChI is InChI=1S/C18H16F3NO5S/c1-12-3-7-15(8-4-12)28(24,25)22-16-9-6-14(27-18(19,20)21)11-13(16)5-10-17(23)26-2/h3-11,22H,1-2H3. The van der Waals surface area contributed by atoms with Crippen LogP contribution in [-0.4, -0.2) is 27.9 Å². The maximum atomic E-state index is 12.5. The van der Waals surface area contributed by atoms with Gasteiger partial charge in [0.15, 0.2) is 0 Å². The number of aryl methyl sites for hydroxylation is 1. The van der Waals surface area contributed by atoms with Crippen LogP contribution in [0.2, 0.25) is 0 Å². The molecule has 1 N–H and O–H groups in total. The van der Waals surface area contributed by atoms with E-state index in [9.17, 15) is 26.4 Å². The van der Waals surface area contributed by atoms with Crippen LogP contribution in [0.3, 0.4) is 0 Å². The number of methoxy groups -OCH3 is 1. The lowest BCUT2D eigenvalue weighted by atomic mass is 10.1. The van der Waals surface area contributed by atoms with E-state index in [1.165, 1.54) is 12.1 Å². The van der Waals surface area contributed by atoms with Crippen molar-refractivity contribution in [3.8, 4) is 5.75 Å². The molecule has 0 amide bonds. The molecule has 0 unspecified atom stereocenters. The highest BCUT2D eigenvalue weighted by Gasteiger charge is 2.31. The Kier molecular flexibility index (Phi) is 6.34. The van der Waals surface area contributed by atoms with Crippen molar-refractivity contribution in [1.82, 2.24) is 0 Å². The molecule has 0 atom stereocenters. The highest BCUT2D eigenvalue weighted by atomic mass is 32.2. The molecule has 0 aliphatic carbocycles. The zero-order valence-corrected chi connectivity index (χ0v) is 15.6. The second-order valence-corrected chi connectivity index (χ2v) is 7.25. The van der Waals surface area contributed by atoms with Crippen LogP contribution in [0.4, 0.5) is 18.9 Å². The number of anilines is 1. The lowest BCUT2D eigenvalue weighted by Crippen LogP contribution is -2.17. The maximum absolute atomic E-state index is 12.5. The molecule has 2 aromatic rings. The first-order valence-electron chi connectivity index (χ1n) is 7.75. The van der Waals surface area contributed by atoms with Gasteiger partial charge >= 0.3 is 12.3 Å². The van der Waals surface area contributed by atoms with E-state index in [0.29, 0.717) is 0 Å². The summed E-state index contributed by atoms with van der Waals surface area (Å²) in [4.78, 5) is 11.3. The molecule has 2 aromatic carbocycles. The van der Waals surface area contributed by atoms with Crippen LogP contribution < -0.4 is 9.46 Å². The van der Waals surface area contributed by atoms with Gasteiger partial charge in [-0.05, 0) is 43.3 Å². The summed E-state index contributed by atoms with van der Waals surface area (Å²) in [5, 5.41) is 0. The van der Waals surface area contributed by atoms with Gasteiger partial charge in [0.05, 0.1) is 17.7 Å². The van der Waals surface area contributed by atoms with Crippen molar-refractivity contribution < 1.29 is 35.9 Å². The van der Waals surface area contributed by atoms with Crippen LogP contribution in [0.25, 0.3) is 6.08 Å². The van der Waals surface area contributed by atoms with Crippen molar-refractivity contribution in [3.63, 3.8) is 0 Å². The van der Waals surface area contributed by atoms with Crippen molar-refractivity contribution in [2.45, 2.75) is 18.2 Å². The summed E-state index contributed by atoms with van der Waals surface area (Å²) in [5.74, 6) is -1.34. The van der Waals surface area contributed by atoms with Gasteiger partial charge in [0.1, 0.15) is 5.75 Å². The molecule has 0 saturated carbocycles. The Morgan fingerprint density at radius 3 is 2.32 bits per heavy atom. The molecule has 0 saturated heterocycles. The van der Waals surface area contributed by atoms with E-state index in [1.807, 2.05) is 0 Å². The van der Waals surface area contributed by atoms with Gasteiger partial charge in [0.2, 0.25) is 0 Å². The minimum Gasteiger partial charge on any atom is -0.466 e. The average molecular weight is 415 g/mol. The second kappa shape index (κ2) is 8.34. The van der Waals surface area contributed by atoms with E-state index in [-0.39, 0.29) is 16.1 Å². The predicted molar refractivity (Wildman–Crippen MR) is 96.2 cm³/mol. The van der Waals surface area contributed by atoms with Gasteiger partial charge in [0.25, 0.3) is 10.0 Å². The molecule has 2 rings (SSSR count). The number of hydrogen-bond acceptors (Lipinski definition) is 5. The van der Waals surface area contributed by atoms with Crippen molar-refractivity contribution in [2.75, 3.05) is 11.8 Å². The number of carbonyl (C=O) groups is 1. The van der Waals surface area contributed by atoms with Gasteiger partial charge in [-0.1, -0.05) is 17.7 Å². The Balaban J connectivity index is 2.42. The highest BCUT2D eigenvalue weighted by molar-refractivity contribution is 7.92. The van der Waals surface area contributed by atoms with E-state index >= 15 is 0 Å². The Bertz CT molecular complexity index is 983. The van der Waals surface area contributed by atoms with Gasteiger partial charge < -0.3 is 9.47 Å². The van der Waals surface area contributed by atoms with E-state index < -0.39 is 28.1 Å². The number of sulfonamides is 1. The molecule has 0 aromatic heterocycles. The first-order chi connectivity index (χ1) is 13.0. The smallest absolute Gasteiger partial charge is 0.466 e. The van der Waals surface area contributed by atoms with E-state index in [4.69, 9.17) is 0 Å². The second-order valence-electron chi connectivity index (χ2n) is 5.57. The molecule has 0 aliphatic heterocycles. The van der Waals surface area contributed by atoms with E-state index in [0.717, 1.165) is 43.0 Å². The summed E-state index contributed by atoms with van der Waals surface area (Å²) in [6, 6.07) is 8.99. The number of benzene rings is 2. The Hall–Kier alpha value is -3.01. The summed E-state index contributed by atoms with van der Waals surface area (Å²) in [6.07, 6.45) is -2.87. The number of halogens is 3. The fourth-order valence-electron chi connectivity index (χ4n) is 2.12. The number of ether oxygens (including phenoxy) is 2. The maximum Gasteiger partial charge on any atom is 0.573 e. The Labute approximate surface area is 159 Å². The van der Waals surface area contributed by atoms with Crippen LogP contribution in [-0.2, 0) is 19.6 Å². The van der Waals surface area contributed by atoms with E-state index in [2.05, 4.69) is 14.2 Å². The number of carbonyl (C=O) groups excluding carboxylic acids is 1. The summed E-state index contributed by atoms with van der Waals surface area (Å²) in [7, 11) is -2.89. The molecule has 150 valence electrons. The first-order valence-corrected chi connectivity index (χ1v) is 9.24. The lowest BCUT2D eigenvalue weighted by molar-refractivity contribution is -0.274. The lowest BCUT2D eigenvalue weighted by Gasteiger charge is -2.14. The summed E-state index contributed by atoms with van der Waals surface area (Å²) >= 11 is 0. The quantitative estimate of drug-likeness (QED) is 0.572. The first kappa shape index (κ1) is 21.3. The third kappa shape index (κ3) is 6.02. The topological polar surface area (TPSA) is 81.7 Å². The normalized spacial score (nSPS) is 12.0. The van der Waals surface area contributed by atoms with Gasteiger partial charge in [0, 0.05) is 11.6 Å². The molecule has 0 fully saturated rings. The molecular weight excluding hydrogens is 399 g/mol. The third-order valence-electron chi connectivity index (χ3n) is 3.43. The minimum atomic E-state index is -4.92. The highest BCUT2D eigenvalue weighted by Crippen LogP contribution is 2.29. The summed E-state index contributed by atoms with van der Waals surface area (Å²) in [6.45, 7) is 1.79. The molecule has 28 heavy (non-hydrogen) atoms. The fourth-order valence-corrected chi connectivity index (χ4v) is 3.20. The molecule has 0 aliphatic rings. The number of alkyl halides is 3. The molecule has 10 heteroatoms. The zero-order valence-electron chi connectivity index (χ0n) is 14.8. The van der Waals surface area contributed by atoms with Gasteiger partial charge in [-0.2, -0.15) is 0 Å². The fraction of sp³-hybridized carbons (Fsp3) is 0.167. The number of hydrogen-bond donors (Lipinski definition) is 1. The molecule has 6 nitrogen and oxygen atoms in total. The minimum absolute atomic E-state index is 0.0252. The monoisotopic (exact) mass is 415 g/mol. The average Bonchev–Trinajstić information content (AvgIpc) is 2.60. The van der Waals surface area contributed by atoms with Gasteiger partial charge in [-0.15, -0.1) is 13.2 Å². The summed E-state index contributed by atoms with van der Waals surface area (Å²) < 4.78 is 72.9. The number of rotatable bonds is 6. The van der Waals surface area contributed by atoms with Gasteiger partial charge in [-0.25, -0.2) is 13.2 Å². The molecule has 0 heterocycles. The van der Waals surface area contributed by atoms with Crippen molar-refractivity contribution in [1.29, 1.82) is 0 Å². The van der Waals surface area contributed by atoms with Crippen molar-refractivity contribution in [2.24, 2.45) is 0 Å². The van der Waals surface area contributed by atoms with Crippen LogP contribution >= 0.6 is 0 Å². The molecule has 0 bridgehead atoms. The molecule has 0 radical (unpaired) electrons. The third-order valence-corrected chi connectivity index (χ3v) is 4.81.